The van der Waals surface area contributed by atoms with E-state index >= 15 is 0 Å². The fourth-order valence-electron chi connectivity index (χ4n) is 2.81. The topological polar surface area (TPSA) is 55.1 Å². The fourth-order valence-corrected chi connectivity index (χ4v) is 2.81. The molecule has 0 spiro atoms. The molecule has 0 radical (unpaired) electrons. The molecule has 1 aromatic rings. The molecule has 1 N–H and O–H groups in total. The first kappa shape index (κ1) is 10.8. The zero-order valence-electron chi connectivity index (χ0n) is 9.93. The van der Waals surface area contributed by atoms with Crippen LogP contribution in [0.2, 0.25) is 0 Å². The van der Waals surface area contributed by atoms with Gasteiger partial charge in [-0.3, -0.25) is 9.48 Å². The normalized spacial score (nSPS) is 22.8. The molecular formula is C13H18N2O2. The van der Waals surface area contributed by atoms with Crippen molar-refractivity contribution in [2.24, 2.45) is 5.41 Å². The van der Waals surface area contributed by atoms with Crippen molar-refractivity contribution in [1.29, 1.82) is 0 Å². The highest BCUT2D eigenvalue weighted by molar-refractivity contribution is 5.78. The number of nitrogens with zero attached hydrogens (tertiary/aromatic N) is 2. The van der Waals surface area contributed by atoms with E-state index in [1.807, 2.05) is 16.9 Å². The van der Waals surface area contributed by atoms with Gasteiger partial charge in [-0.15, -0.1) is 0 Å². The van der Waals surface area contributed by atoms with Crippen LogP contribution >= 0.6 is 0 Å². The molecule has 2 aliphatic carbocycles. The predicted molar refractivity (Wildman–Crippen MR) is 62.7 cm³/mol. The van der Waals surface area contributed by atoms with E-state index in [4.69, 9.17) is 5.11 Å². The van der Waals surface area contributed by atoms with Crippen LogP contribution in [0.25, 0.3) is 0 Å². The molecule has 0 aliphatic heterocycles. The van der Waals surface area contributed by atoms with Crippen LogP contribution < -0.4 is 0 Å². The van der Waals surface area contributed by atoms with E-state index in [1.54, 1.807) is 0 Å². The van der Waals surface area contributed by atoms with Crippen LogP contribution in [0.3, 0.4) is 0 Å². The van der Waals surface area contributed by atoms with Gasteiger partial charge in [0.25, 0.3) is 0 Å². The minimum absolute atomic E-state index is 0.491. The van der Waals surface area contributed by atoms with Crippen molar-refractivity contribution in [2.45, 2.75) is 51.0 Å². The van der Waals surface area contributed by atoms with Crippen LogP contribution in [0.15, 0.2) is 12.3 Å². The Labute approximate surface area is 101 Å². The van der Waals surface area contributed by atoms with Gasteiger partial charge in [0, 0.05) is 12.6 Å². The Kier molecular flexibility index (Phi) is 2.45. The molecule has 2 saturated carbocycles. The van der Waals surface area contributed by atoms with Gasteiger partial charge in [0.2, 0.25) is 0 Å². The average Bonchev–Trinajstić information content (AvgIpc) is 2.76. The summed E-state index contributed by atoms with van der Waals surface area (Å²) in [6.45, 7) is 0. The van der Waals surface area contributed by atoms with Crippen molar-refractivity contribution in [3.8, 4) is 0 Å². The van der Waals surface area contributed by atoms with E-state index in [-0.39, 0.29) is 0 Å². The molecule has 2 fully saturated rings. The standard InChI is InChI=1S/C13H18N2O2/c16-12(17)13(6-7-13)9-10-5-8-15(14-10)11-3-1-2-4-11/h5,8,11H,1-4,6-7,9H2,(H,16,17). The largest absolute Gasteiger partial charge is 0.481 e. The maximum absolute atomic E-state index is 11.1. The average molecular weight is 234 g/mol. The second kappa shape index (κ2) is 3.86. The lowest BCUT2D eigenvalue weighted by molar-refractivity contribution is -0.143. The maximum Gasteiger partial charge on any atom is 0.310 e. The lowest BCUT2D eigenvalue weighted by Crippen LogP contribution is -2.18. The minimum Gasteiger partial charge on any atom is -0.481 e. The highest BCUT2D eigenvalue weighted by Crippen LogP contribution is 2.48. The first-order valence-corrected chi connectivity index (χ1v) is 6.47. The molecule has 2 aliphatic rings. The molecule has 0 unspecified atom stereocenters. The first-order valence-electron chi connectivity index (χ1n) is 6.47. The Morgan fingerprint density at radius 2 is 2.18 bits per heavy atom. The van der Waals surface area contributed by atoms with Gasteiger partial charge in [0.1, 0.15) is 0 Å². The van der Waals surface area contributed by atoms with Crippen LogP contribution in [0, 0.1) is 5.41 Å². The molecule has 4 heteroatoms. The smallest absolute Gasteiger partial charge is 0.310 e. The Balaban J connectivity index is 1.70. The summed E-state index contributed by atoms with van der Waals surface area (Å²) < 4.78 is 2.04. The minimum atomic E-state index is -0.659. The van der Waals surface area contributed by atoms with Gasteiger partial charge in [-0.25, -0.2) is 0 Å². The van der Waals surface area contributed by atoms with E-state index in [0.717, 1.165) is 18.5 Å². The van der Waals surface area contributed by atoms with Crippen LogP contribution in [-0.2, 0) is 11.2 Å². The highest BCUT2D eigenvalue weighted by atomic mass is 16.4. The summed E-state index contributed by atoms with van der Waals surface area (Å²) in [5.41, 5.74) is 0.450. The van der Waals surface area contributed by atoms with Gasteiger partial charge in [-0.05, 0) is 31.7 Å². The zero-order valence-corrected chi connectivity index (χ0v) is 9.93. The first-order chi connectivity index (χ1) is 8.20. The third kappa shape index (κ3) is 1.96. The molecule has 1 aromatic heterocycles. The van der Waals surface area contributed by atoms with Crippen LogP contribution in [0.4, 0.5) is 0 Å². The number of rotatable bonds is 4. The summed E-state index contributed by atoms with van der Waals surface area (Å²) in [6.07, 6.45) is 9.23. The molecule has 4 nitrogen and oxygen atoms in total. The predicted octanol–water partition coefficient (Wildman–Crippen LogP) is 2.41. The summed E-state index contributed by atoms with van der Waals surface area (Å²) >= 11 is 0. The molecule has 0 saturated heterocycles. The number of aliphatic carboxylic acids is 1. The van der Waals surface area contributed by atoms with Crippen molar-refractivity contribution in [2.75, 3.05) is 0 Å². The number of carboxylic acid groups (broad SMARTS) is 1. The third-order valence-corrected chi connectivity index (χ3v) is 4.19. The Bertz CT molecular complexity index is 428. The molecule has 92 valence electrons. The molecule has 0 amide bonds. The number of hydrogen-bond donors (Lipinski definition) is 1. The van der Waals surface area contributed by atoms with Crippen molar-refractivity contribution >= 4 is 5.97 Å². The van der Waals surface area contributed by atoms with Crippen LogP contribution in [0.1, 0.15) is 50.3 Å². The Morgan fingerprint density at radius 1 is 1.47 bits per heavy atom. The highest BCUT2D eigenvalue weighted by Gasteiger charge is 2.50. The van der Waals surface area contributed by atoms with E-state index in [2.05, 4.69) is 5.10 Å². The van der Waals surface area contributed by atoms with E-state index in [0.29, 0.717) is 12.5 Å². The second-order valence-corrected chi connectivity index (χ2v) is 5.49. The van der Waals surface area contributed by atoms with Crippen molar-refractivity contribution in [3.05, 3.63) is 18.0 Å². The molecule has 0 atom stereocenters. The summed E-state index contributed by atoms with van der Waals surface area (Å²) in [7, 11) is 0. The van der Waals surface area contributed by atoms with Crippen molar-refractivity contribution in [1.82, 2.24) is 9.78 Å². The monoisotopic (exact) mass is 234 g/mol. The molecule has 0 bridgehead atoms. The fraction of sp³-hybridized carbons (Fsp3) is 0.692. The molecule has 1 heterocycles. The van der Waals surface area contributed by atoms with Gasteiger partial charge in [0.15, 0.2) is 0 Å². The molecular weight excluding hydrogens is 216 g/mol. The Morgan fingerprint density at radius 3 is 2.76 bits per heavy atom. The summed E-state index contributed by atoms with van der Waals surface area (Å²) in [5.74, 6) is -0.659. The van der Waals surface area contributed by atoms with E-state index < -0.39 is 11.4 Å². The molecule has 3 rings (SSSR count). The number of aromatic nitrogens is 2. The number of hydrogen-bond acceptors (Lipinski definition) is 2. The lowest BCUT2D eigenvalue weighted by Gasteiger charge is -2.10. The van der Waals surface area contributed by atoms with Gasteiger partial charge in [-0.1, -0.05) is 12.8 Å². The zero-order chi connectivity index (χ0) is 11.9. The second-order valence-electron chi connectivity index (χ2n) is 5.49. The van der Waals surface area contributed by atoms with Crippen molar-refractivity contribution < 1.29 is 9.90 Å². The van der Waals surface area contributed by atoms with Crippen molar-refractivity contribution in [3.63, 3.8) is 0 Å². The third-order valence-electron chi connectivity index (χ3n) is 4.19. The lowest BCUT2D eigenvalue weighted by atomic mass is 10.0. The van der Waals surface area contributed by atoms with Gasteiger partial charge >= 0.3 is 5.97 Å². The summed E-state index contributed by atoms with van der Waals surface area (Å²) in [5, 5.41) is 13.7. The quantitative estimate of drug-likeness (QED) is 0.870. The molecule has 17 heavy (non-hydrogen) atoms. The van der Waals surface area contributed by atoms with Gasteiger partial charge in [0.05, 0.1) is 17.2 Å². The summed E-state index contributed by atoms with van der Waals surface area (Å²) in [4.78, 5) is 11.1. The van der Waals surface area contributed by atoms with Gasteiger partial charge in [-0.2, -0.15) is 5.10 Å². The molecule has 0 aromatic carbocycles. The van der Waals surface area contributed by atoms with Crippen LogP contribution in [-0.4, -0.2) is 20.9 Å². The summed E-state index contributed by atoms with van der Waals surface area (Å²) in [6, 6.07) is 2.53. The maximum atomic E-state index is 11.1. The van der Waals surface area contributed by atoms with E-state index in [9.17, 15) is 4.79 Å². The SMILES string of the molecule is O=C(O)C1(Cc2ccn(C3CCCC3)n2)CC1. The number of carbonyl (C=O) groups is 1. The number of carboxylic acids is 1. The van der Waals surface area contributed by atoms with E-state index in [1.165, 1.54) is 25.7 Å². The van der Waals surface area contributed by atoms with Gasteiger partial charge < -0.3 is 5.11 Å². The van der Waals surface area contributed by atoms with Crippen LogP contribution in [0.5, 0.6) is 0 Å². The Hall–Kier alpha value is -1.32.